The Bertz CT molecular complexity index is 479. The van der Waals surface area contributed by atoms with Crippen LogP contribution in [0.5, 0.6) is 0 Å². The van der Waals surface area contributed by atoms with E-state index in [2.05, 4.69) is 25.9 Å². The number of aromatic nitrogens is 2. The minimum atomic E-state index is -0.323. The molecule has 1 aromatic heterocycles. The van der Waals surface area contributed by atoms with E-state index in [-0.39, 0.29) is 5.82 Å². The molecule has 82 valence electrons. The van der Waals surface area contributed by atoms with Gasteiger partial charge in [-0.2, -0.15) is 0 Å². The molecule has 0 radical (unpaired) electrons. The summed E-state index contributed by atoms with van der Waals surface area (Å²) in [6.45, 7) is 0.396. The monoisotopic (exact) mass is 281 g/mol. The van der Waals surface area contributed by atoms with Crippen molar-refractivity contribution >= 4 is 15.9 Å². The summed E-state index contributed by atoms with van der Waals surface area (Å²) in [6, 6.07) is 4.54. The van der Waals surface area contributed by atoms with Gasteiger partial charge in [0.2, 0.25) is 0 Å². The lowest BCUT2D eigenvalue weighted by Crippen LogP contribution is -1.99. The second-order valence-corrected chi connectivity index (χ2v) is 4.19. The van der Waals surface area contributed by atoms with Gasteiger partial charge in [0, 0.05) is 34.5 Å². The van der Waals surface area contributed by atoms with Crippen molar-refractivity contribution in [2.75, 3.05) is 0 Å². The first-order chi connectivity index (χ1) is 7.69. The largest absolute Gasteiger partial charge is 0.326 e. The summed E-state index contributed by atoms with van der Waals surface area (Å²) in [5, 5.41) is 0. The summed E-state index contributed by atoms with van der Waals surface area (Å²) in [5.41, 5.74) is 6.92. The van der Waals surface area contributed by atoms with E-state index in [1.807, 2.05) is 0 Å². The van der Waals surface area contributed by atoms with Crippen LogP contribution in [0.1, 0.15) is 5.56 Å². The van der Waals surface area contributed by atoms with Gasteiger partial charge >= 0.3 is 0 Å². The van der Waals surface area contributed by atoms with Gasteiger partial charge in [0.15, 0.2) is 5.82 Å². The van der Waals surface area contributed by atoms with E-state index in [4.69, 9.17) is 5.73 Å². The topological polar surface area (TPSA) is 51.8 Å². The smallest absolute Gasteiger partial charge is 0.159 e. The molecular formula is C11H9BrFN3. The number of hydrogen-bond donors (Lipinski definition) is 1. The predicted molar refractivity (Wildman–Crippen MR) is 63.0 cm³/mol. The standard InChI is InChI=1S/C11H9BrFN3/c12-9-1-8(2-10(13)3-9)11-15-5-7(4-14)6-16-11/h1-3,5-6H,4,14H2. The first-order valence-electron chi connectivity index (χ1n) is 4.66. The molecule has 0 atom stereocenters. The quantitative estimate of drug-likeness (QED) is 0.920. The fourth-order valence-electron chi connectivity index (χ4n) is 1.29. The van der Waals surface area contributed by atoms with Crippen LogP contribution in [-0.4, -0.2) is 9.97 Å². The molecule has 0 amide bonds. The lowest BCUT2D eigenvalue weighted by atomic mass is 10.2. The molecule has 0 aliphatic rings. The molecule has 2 rings (SSSR count). The summed E-state index contributed by atoms with van der Waals surface area (Å²) in [4.78, 5) is 8.25. The minimum Gasteiger partial charge on any atom is -0.326 e. The molecule has 2 aromatic rings. The number of benzene rings is 1. The molecule has 0 saturated heterocycles. The number of nitrogens with two attached hydrogens (primary N) is 1. The molecule has 0 saturated carbocycles. The summed E-state index contributed by atoms with van der Waals surface area (Å²) < 4.78 is 13.8. The van der Waals surface area contributed by atoms with Crippen LogP contribution in [0.15, 0.2) is 35.1 Å². The van der Waals surface area contributed by atoms with E-state index in [0.29, 0.717) is 22.4 Å². The van der Waals surface area contributed by atoms with Gasteiger partial charge in [-0.1, -0.05) is 15.9 Å². The van der Waals surface area contributed by atoms with Crippen LogP contribution in [0.3, 0.4) is 0 Å². The van der Waals surface area contributed by atoms with Gasteiger partial charge in [0.1, 0.15) is 5.82 Å². The van der Waals surface area contributed by atoms with Crippen LogP contribution >= 0.6 is 15.9 Å². The van der Waals surface area contributed by atoms with Crippen molar-refractivity contribution in [1.82, 2.24) is 9.97 Å². The van der Waals surface area contributed by atoms with E-state index in [1.165, 1.54) is 12.1 Å². The molecule has 5 heteroatoms. The molecule has 16 heavy (non-hydrogen) atoms. The van der Waals surface area contributed by atoms with Gasteiger partial charge in [-0.15, -0.1) is 0 Å². The molecule has 1 heterocycles. The number of rotatable bonds is 2. The van der Waals surface area contributed by atoms with Crippen molar-refractivity contribution < 1.29 is 4.39 Å². The van der Waals surface area contributed by atoms with Gasteiger partial charge in [-0.05, 0) is 18.2 Å². The van der Waals surface area contributed by atoms with Crippen molar-refractivity contribution in [3.8, 4) is 11.4 Å². The highest BCUT2D eigenvalue weighted by molar-refractivity contribution is 9.10. The zero-order valence-electron chi connectivity index (χ0n) is 8.32. The molecule has 0 aliphatic heterocycles. The van der Waals surface area contributed by atoms with Gasteiger partial charge < -0.3 is 5.73 Å². The second-order valence-electron chi connectivity index (χ2n) is 3.28. The molecule has 1 aromatic carbocycles. The van der Waals surface area contributed by atoms with Crippen molar-refractivity contribution in [2.45, 2.75) is 6.54 Å². The normalized spacial score (nSPS) is 10.4. The summed E-state index contributed by atoms with van der Waals surface area (Å²) in [7, 11) is 0. The maximum Gasteiger partial charge on any atom is 0.159 e. The van der Waals surface area contributed by atoms with Crippen LogP contribution in [0.2, 0.25) is 0 Å². The van der Waals surface area contributed by atoms with Crippen molar-refractivity contribution in [1.29, 1.82) is 0 Å². The van der Waals surface area contributed by atoms with E-state index in [1.54, 1.807) is 18.5 Å². The number of nitrogens with zero attached hydrogens (tertiary/aromatic N) is 2. The molecule has 0 fully saturated rings. The Morgan fingerprint density at radius 2 is 1.88 bits per heavy atom. The maximum absolute atomic E-state index is 13.2. The van der Waals surface area contributed by atoms with E-state index >= 15 is 0 Å². The average molecular weight is 282 g/mol. The van der Waals surface area contributed by atoms with Gasteiger partial charge in [0.05, 0.1) is 0 Å². The van der Waals surface area contributed by atoms with Crippen LogP contribution in [0, 0.1) is 5.82 Å². The molecular weight excluding hydrogens is 273 g/mol. The third kappa shape index (κ3) is 2.43. The third-order valence-electron chi connectivity index (χ3n) is 2.06. The Labute approximate surface area is 101 Å². The highest BCUT2D eigenvalue weighted by Crippen LogP contribution is 2.21. The van der Waals surface area contributed by atoms with Gasteiger partial charge in [-0.25, -0.2) is 14.4 Å². The number of hydrogen-bond acceptors (Lipinski definition) is 3. The SMILES string of the molecule is NCc1cnc(-c2cc(F)cc(Br)c2)nc1. The lowest BCUT2D eigenvalue weighted by Gasteiger charge is -2.02. The van der Waals surface area contributed by atoms with Crippen LogP contribution in [0.25, 0.3) is 11.4 Å². The van der Waals surface area contributed by atoms with Crippen LogP contribution in [-0.2, 0) is 6.54 Å². The highest BCUT2D eigenvalue weighted by atomic mass is 79.9. The van der Waals surface area contributed by atoms with Crippen LogP contribution < -0.4 is 5.73 Å². The highest BCUT2D eigenvalue weighted by Gasteiger charge is 2.04. The summed E-state index contributed by atoms with van der Waals surface area (Å²) in [6.07, 6.45) is 3.28. The molecule has 3 nitrogen and oxygen atoms in total. The van der Waals surface area contributed by atoms with Crippen molar-refractivity contribution in [3.63, 3.8) is 0 Å². The first kappa shape index (κ1) is 11.2. The predicted octanol–water partition coefficient (Wildman–Crippen LogP) is 2.50. The second kappa shape index (κ2) is 4.67. The zero-order chi connectivity index (χ0) is 11.5. The molecule has 0 aliphatic carbocycles. The Morgan fingerprint density at radius 3 is 2.44 bits per heavy atom. The van der Waals surface area contributed by atoms with E-state index in [9.17, 15) is 4.39 Å². The zero-order valence-corrected chi connectivity index (χ0v) is 9.91. The molecule has 2 N–H and O–H groups in total. The Balaban J connectivity index is 2.42. The minimum absolute atomic E-state index is 0.323. The van der Waals surface area contributed by atoms with E-state index in [0.717, 1.165) is 5.56 Å². The molecule has 0 spiro atoms. The summed E-state index contributed by atoms with van der Waals surface area (Å²) in [5.74, 6) is 0.160. The molecule has 0 bridgehead atoms. The van der Waals surface area contributed by atoms with E-state index < -0.39 is 0 Å². The molecule has 0 unspecified atom stereocenters. The Morgan fingerprint density at radius 1 is 1.19 bits per heavy atom. The summed E-state index contributed by atoms with van der Waals surface area (Å²) >= 11 is 3.22. The Hall–Kier alpha value is -1.33. The van der Waals surface area contributed by atoms with Gasteiger partial charge in [-0.3, -0.25) is 0 Å². The van der Waals surface area contributed by atoms with Crippen molar-refractivity contribution in [3.05, 3.63) is 46.4 Å². The van der Waals surface area contributed by atoms with Crippen LogP contribution in [0.4, 0.5) is 4.39 Å². The first-order valence-corrected chi connectivity index (χ1v) is 5.46. The lowest BCUT2D eigenvalue weighted by molar-refractivity contribution is 0.627. The fourth-order valence-corrected chi connectivity index (χ4v) is 1.76. The fraction of sp³-hybridized carbons (Fsp3) is 0.0909. The maximum atomic E-state index is 13.2. The van der Waals surface area contributed by atoms with Crippen molar-refractivity contribution in [2.24, 2.45) is 5.73 Å². The Kier molecular flexibility index (Phi) is 3.26. The van der Waals surface area contributed by atoms with Gasteiger partial charge in [0.25, 0.3) is 0 Å². The third-order valence-corrected chi connectivity index (χ3v) is 2.52. The number of halogens is 2. The average Bonchev–Trinajstić information content (AvgIpc) is 2.28.